The second-order valence-corrected chi connectivity index (χ2v) is 5.69. The van der Waals surface area contributed by atoms with Crippen molar-refractivity contribution in [1.82, 2.24) is 5.32 Å². The first-order valence-corrected chi connectivity index (χ1v) is 7.10. The first-order chi connectivity index (χ1) is 8.62. The van der Waals surface area contributed by atoms with Gasteiger partial charge in [-0.3, -0.25) is 4.79 Å². The van der Waals surface area contributed by atoms with Crippen molar-refractivity contribution < 1.29 is 9.53 Å². The highest BCUT2D eigenvalue weighted by molar-refractivity contribution is 5.85. The van der Waals surface area contributed by atoms with Crippen LogP contribution in [0.1, 0.15) is 51.9 Å². The molecule has 1 amide bonds. The molecule has 19 heavy (non-hydrogen) atoms. The molecule has 1 aliphatic rings. The predicted octanol–water partition coefficient (Wildman–Crippen LogP) is 2.25. The van der Waals surface area contributed by atoms with Crippen LogP contribution in [-0.4, -0.2) is 32.2 Å². The van der Waals surface area contributed by atoms with Crippen LogP contribution in [0.2, 0.25) is 0 Å². The summed E-state index contributed by atoms with van der Waals surface area (Å²) in [5.41, 5.74) is 5.96. The van der Waals surface area contributed by atoms with Crippen molar-refractivity contribution in [2.45, 2.75) is 57.9 Å². The molecule has 4 nitrogen and oxygen atoms in total. The minimum absolute atomic E-state index is 0. The van der Waals surface area contributed by atoms with Crippen molar-refractivity contribution in [3.8, 4) is 0 Å². The number of carbonyl (C=O) groups excluding carboxylic acids is 1. The van der Waals surface area contributed by atoms with Gasteiger partial charge in [0.25, 0.3) is 0 Å². The van der Waals surface area contributed by atoms with E-state index in [0.717, 1.165) is 19.3 Å². The second-order valence-electron chi connectivity index (χ2n) is 5.69. The lowest BCUT2D eigenvalue weighted by Crippen LogP contribution is -2.41. The first kappa shape index (κ1) is 18.7. The van der Waals surface area contributed by atoms with Crippen LogP contribution in [0.4, 0.5) is 0 Å². The van der Waals surface area contributed by atoms with E-state index in [9.17, 15) is 4.79 Å². The molecule has 0 aliphatic heterocycles. The summed E-state index contributed by atoms with van der Waals surface area (Å²) in [6, 6.07) is 0.177. The molecule has 0 aromatic carbocycles. The fourth-order valence-electron chi connectivity index (χ4n) is 2.79. The number of hydrogen-bond donors (Lipinski definition) is 2. The molecule has 114 valence electrons. The Kier molecular flexibility index (Phi) is 9.40. The summed E-state index contributed by atoms with van der Waals surface area (Å²) in [6.07, 6.45) is 7.35. The molecular weight excluding hydrogens is 264 g/mol. The third-order valence-electron chi connectivity index (χ3n) is 4.05. The molecule has 0 aromatic heterocycles. The van der Waals surface area contributed by atoms with E-state index in [0.29, 0.717) is 19.6 Å². The highest BCUT2D eigenvalue weighted by Gasteiger charge is 2.33. The molecule has 0 spiro atoms. The molecule has 1 rings (SSSR count). The number of carbonyl (C=O) groups is 1. The van der Waals surface area contributed by atoms with Crippen LogP contribution in [0.3, 0.4) is 0 Å². The zero-order valence-corrected chi connectivity index (χ0v) is 13.1. The maximum absolute atomic E-state index is 12.0. The molecule has 1 fully saturated rings. The summed E-state index contributed by atoms with van der Waals surface area (Å²) >= 11 is 0. The van der Waals surface area contributed by atoms with E-state index >= 15 is 0 Å². The van der Waals surface area contributed by atoms with Crippen molar-refractivity contribution in [1.29, 1.82) is 0 Å². The number of halogens is 1. The van der Waals surface area contributed by atoms with Gasteiger partial charge in [0, 0.05) is 26.2 Å². The van der Waals surface area contributed by atoms with Crippen LogP contribution in [0.25, 0.3) is 0 Å². The van der Waals surface area contributed by atoms with Crippen molar-refractivity contribution in [2.24, 2.45) is 11.1 Å². The monoisotopic (exact) mass is 292 g/mol. The highest BCUT2D eigenvalue weighted by atomic mass is 35.5. The van der Waals surface area contributed by atoms with Gasteiger partial charge >= 0.3 is 0 Å². The molecule has 3 N–H and O–H groups in total. The van der Waals surface area contributed by atoms with Crippen molar-refractivity contribution in [3.05, 3.63) is 0 Å². The minimum atomic E-state index is 0. The summed E-state index contributed by atoms with van der Waals surface area (Å²) in [6.45, 7) is 3.34. The second kappa shape index (κ2) is 9.56. The summed E-state index contributed by atoms with van der Waals surface area (Å²) in [4.78, 5) is 12.0. The Morgan fingerprint density at radius 1 is 1.37 bits per heavy atom. The third-order valence-corrected chi connectivity index (χ3v) is 4.05. The average Bonchev–Trinajstić information content (AvgIpc) is 2.37. The maximum atomic E-state index is 12.0. The quantitative estimate of drug-likeness (QED) is 0.756. The molecule has 1 atom stereocenters. The molecule has 0 heterocycles. The van der Waals surface area contributed by atoms with Crippen molar-refractivity contribution >= 4 is 18.3 Å². The van der Waals surface area contributed by atoms with E-state index in [1.165, 1.54) is 19.3 Å². The van der Waals surface area contributed by atoms with Gasteiger partial charge in [0.2, 0.25) is 5.91 Å². The molecular formula is C14H29ClN2O2. The van der Waals surface area contributed by atoms with Gasteiger partial charge in [0.1, 0.15) is 0 Å². The Bertz CT molecular complexity index is 256. The van der Waals surface area contributed by atoms with Crippen molar-refractivity contribution in [3.63, 3.8) is 0 Å². The zero-order chi connectivity index (χ0) is 13.4. The van der Waals surface area contributed by atoms with Crippen LogP contribution in [0.15, 0.2) is 0 Å². The number of nitrogens with one attached hydrogen (secondary N) is 1. The number of amides is 1. The Balaban J connectivity index is 0.00000324. The Labute approximate surface area is 123 Å². The highest BCUT2D eigenvalue weighted by Crippen LogP contribution is 2.38. The first-order valence-electron chi connectivity index (χ1n) is 7.10. The fraction of sp³-hybridized carbons (Fsp3) is 0.929. The van der Waals surface area contributed by atoms with Gasteiger partial charge < -0.3 is 15.8 Å². The summed E-state index contributed by atoms with van der Waals surface area (Å²) < 4.78 is 5.01. The Hall–Kier alpha value is -0.320. The minimum Gasteiger partial charge on any atom is -0.385 e. The number of ether oxygens (including phenoxy) is 1. The Morgan fingerprint density at radius 3 is 2.53 bits per heavy atom. The van der Waals surface area contributed by atoms with Gasteiger partial charge in [-0.05, 0) is 38.1 Å². The number of rotatable bonds is 7. The van der Waals surface area contributed by atoms with E-state index < -0.39 is 0 Å². The average molecular weight is 293 g/mol. The number of nitrogens with two attached hydrogens (primary N) is 1. The van der Waals surface area contributed by atoms with Gasteiger partial charge in [0.05, 0.1) is 0 Å². The normalized spacial score (nSPS) is 19.3. The van der Waals surface area contributed by atoms with Crippen LogP contribution in [0.5, 0.6) is 0 Å². The lowest BCUT2D eigenvalue weighted by molar-refractivity contribution is -0.124. The summed E-state index contributed by atoms with van der Waals surface area (Å²) in [7, 11) is 1.68. The van der Waals surface area contributed by atoms with Gasteiger partial charge in [-0.1, -0.05) is 19.3 Å². The van der Waals surface area contributed by atoms with Gasteiger partial charge in [-0.25, -0.2) is 0 Å². The number of hydrogen-bond acceptors (Lipinski definition) is 3. The van der Waals surface area contributed by atoms with Crippen molar-refractivity contribution in [2.75, 3.05) is 20.3 Å². The van der Waals surface area contributed by atoms with E-state index in [1.807, 2.05) is 6.92 Å². The molecule has 5 heteroatoms. The van der Waals surface area contributed by atoms with Crippen LogP contribution in [-0.2, 0) is 9.53 Å². The lowest BCUT2D eigenvalue weighted by Gasteiger charge is -2.36. The lowest BCUT2D eigenvalue weighted by atomic mass is 9.71. The molecule has 1 aliphatic carbocycles. The molecule has 0 radical (unpaired) electrons. The van der Waals surface area contributed by atoms with E-state index in [2.05, 4.69) is 5.32 Å². The molecule has 1 unspecified atom stereocenters. The van der Waals surface area contributed by atoms with E-state index in [1.54, 1.807) is 7.11 Å². The fourth-order valence-corrected chi connectivity index (χ4v) is 2.79. The zero-order valence-electron chi connectivity index (χ0n) is 12.2. The predicted molar refractivity (Wildman–Crippen MR) is 80.5 cm³/mol. The van der Waals surface area contributed by atoms with E-state index in [-0.39, 0.29) is 29.8 Å². The SMILES string of the molecule is COCCC(C)NC(=O)CC1(CN)CCCCC1.Cl. The van der Waals surface area contributed by atoms with Gasteiger partial charge in [0.15, 0.2) is 0 Å². The molecule has 0 saturated heterocycles. The summed E-state index contributed by atoms with van der Waals surface area (Å²) in [5, 5.41) is 3.05. The number of methoxy groups -OCH3 is 1. The molecule has 1 saturated carbocycles. The summed E-state index contributed by atoms with van der Waals surface area (Å²) in [5.74, 6) is 0.144. The molecule has 0 aromatic rings. The van der Waals surface area contributed by atoms with Gasteiger partial charge in [-0.2, -0.15) is 0 Å². The smallest absolute Gasteiger partial charge is 0.220 e. The standard InChI is InChI=1S/C14H28N2O2.ClH/c1-12(6-9-18-2)16-13(17)10-14(11-15)7-4-3-5-8-14;/h12H,3-11,15H2,1-2H3,(H,16,17);1H. The largest absolute Gasteiger partial charge is 0.385 e. The molecule has 0 bridgehead atoms. The third kappa shape index (κ3) is 6.59. The maximum Gasteiger partial charge on any atom is 0.220 e. The van der Waals surface area contributed by atoms with E-state index in [4.69, 9.17) is 10.5 Å². The van der Waals surface area contributed by atoms with Gasteiger partial charge in [-0.15, -0.1) is 12.4 Å². The van der Waals surface area contributed by atoms with Crippen LogP contribution >= 0.6 is 12.4 Å². The van der Waals surface area contributed by atoms with Crippen LogP contribution < -0.4 is 11.1 Å². The topological polar surface area (TPSA) is 64.3 Å². The Morgan fingerprint density at radius 2 is 2.00 bits per heavy atom. The van der Waals surface area contributed by atoms with Crippen LogP contribution in [0, 0.1) is 5.41 Å².